The molecule has 1 saturated heterocycles. The summed E-state index contributed by atoms with van der Waals surface area (Å²) in [5.41, 5.74) is 5.01. The third-order valence-electron chi connectivity index (χ3n) is 2.50. The first-order valence-electron chi connectivity index (χ1n) is 5.36. The second-order valence-electron chi connectivity index (χ2n) is 3.86. The van der Waals surface area contributed by atoms with Crippen molar-refractivity contribution in [3.63, 3.8) is 0 Å². The van der Waals surface area contributed by atoms with Crippen molar-refractivity contribution in [3.8, 4) is 0 Å². The molecule has 1 aliphatic heterocycles. The van der Waals surface area contributed by atoms with E-state index in [2.05, 4.69) is 5.32 Å². The van der Waals surface area contributed by atoms with Crippen molar-refractivity contribution in [2.45, 2.75) is 25.7 Å². The van der Waals surface area contributed by atoms with E-state index >= 15 is 0 Å². The summed E-state index contributed by atoms with van der Waals surface area (Å²) in [5.74, 6) is 0.314. The maximum absolute atomic E-state index is 10.4. The fourth-order valence-electron chi connectivity index (χ4n) is 1.66. The summed E-state index contributed by atoms with van der Waals surface area (Å²) in [6, 6.07) is 0. The molecule has 82 valence electrons. The van der Waals surface area contributed by atoms with E-state index in [1.807, 2.05) is 0 Å². The van der Waals surface area contributed by atoms with Crippen molar-refractivity contribution in [2.24, 2.45) is 11.7 Å². The molecule has 3 N–H and O–H groups in total. The Morgan fingerprint density at radius 3 is 3.14 bits per heavy atom. The van der Waals surface area contributed by atoms with Crippen molar-refractivity contribution in [3.05, 3.63) is 0 Å². The fraction of sp³-hybridized carbons (Fsp3) is 0.900. The smallest absolute Gasteiger partial charge is 0.219 e. The van der Waals surface area contributed by atoms with Crippen molar-refractivity contribution in [1.82, 2.24) is 5.32 Å². The molecule has 0 aromatic heterocycles. The Balaban J connectivity index is 2.01. The normalized spacial score (nSPS) is 23.0. The van der Waals surface area contributed by atoms with Crippen LogP contribution in [0.1, 0.15) is 25.7 Å². The highest BCUT2D eigenvalue weighted by molar-refractivity contribution is 5.73. The van der Waals surface area contributed by atoms with Gasteiger partial charge >= 0.3 is 0 Å². The lowest BCUT2D eigenvalue weighted by molar-refractivity contribution is -0.119. The molecule has 1 rings (SSSR count). The zero-order valence-corrected chi connectivity index (χ0v) is 8.63. The molecule has 4 heteroatoms. The number of rotatable bonds is 5. The highest BCUT2D eigenvalue weighted by atomic mass is 16.5. The Kier molecular flexibility index (Phi) is 5.56. The van der Waals surface area contributed by atoms with Crippen LogP contribution < -0.4 is 11.1 Å². The quantitative estimate of drug-likeness (QED) is 0.626. The first-order valence-corrected chi connectivity index (χ1v) is 5.36. The Hall–Kier alpha value is -0.610. The molecule has 1 unspecified atom stereocenters. The minimum atomic E-state index is -0.288. The molecule has 1 amide bonds. The second-order valence-corrected chi connectivity index (χ2v) is 3.86. The van der Waals surface area contributed by atoms with Gasteiger partial charge in [-0.05, 0) is 25.3 Å². The summed E-state index contributed by atoms with van der Waals surface area (Å²) in [5, 5.41) is 3.38. The molecule has 1 aliphatic rings. The molecule has 0 aromatic carbocycles. The van der Waals surface area contributed by atoms with Crippen molar-refractivity contribution >= 4 is 5.91 Å². The largest absolute Gasteiger partial charge is 0.381 e. The van der Waals surface area contributed by atoms with E-state index in [0.29, 0.717) is 18.9 Å². The lowest BCUT2D eigenvalue weighted by Gasteiger charge is -2.13. The molecule has 0 aliphatic carbocycles. The standard InChI is InChI=1S/C10H20N2O2/c11-10(13)4-6-14-8-9-3-1-2-5-12-7-9/h9,12H,1-8H2,(H2,11,13). The number of nitrogens with one attached hydrogen (secondary N) is 1. The van der Waals surface area contributed by atoms with Gasteiger partial charge in [0, 0.05) is 13.0 Å². The second kappa shape index (κ2) is 6.79. The molecule has 0 spiro atoms. The molecule has 4 nitrogen and oxygen atoms in total. The zero-order chi connectivity index (χ0) is 10.2. The summed E-state index contributed by atoms with van der Waals surface area (Å²) in [6.07, 6.45) is 4.10. The van der Waals surface area contributed by atoms with Gasteiger partial charge in [0.1, 0.15) is 0 Å². The van der Waals surface area contributed by atoms with Crippen molar-refractivity contribution in [1.29, 1.82) is 0 Å². The highest BCUT2D eigenvalue weighted by Crippen LogP contribution is 2.11. The molecule has 0 aromatic rings. The van der Waals surface area contributed by atoms with Gasteiger partial charge in [0.2, 0.25) is 5.91 Å². The number of hydrogen-bond donors (Lipinski definition) is 2. The van der Waals surface area contributed by atoms with E-state index in [4.69, 9.17) is 10.5 Å². The molecule has 1 atom stereocenters. The SMILES string of the molecule is NC(=O)CCOCC1CCCCNC1. The Labute approximate surface area is 85.2 Å². The van der Waals surface area contributed by atoms with E-state index in [-0.39, 0.29) is 5.91 Å². The van der Waals surface area contributed by atoms with Gasteiger partial charge < -0.3 is 15.8 Å². The first kappa shape index (κ1) is 11.5. The highest BCUT2D eigenvalue weighted by Gasteiger charge is 2.11. The molecular weight excluding hydrogens is 180 g/mol. The average Bonchev–Trinajstić information content (AvgIpc) is 2.40. The number of primary amides is 1. The number of carbonyl (C=O) groups excluding carboxylic acids is 1. The monoisotopic (exact) mass is 200 g/mol. The maximum atomic E-state index is 10.4. The van der Waals surface area contributed by atoms with Crippen LogP contribution in [0.25, 0.3) is 0 Å². The van der Waals surface area contributed by atoms with Crippen LogP contribution in [0.2, 0.25) is 0 Å². The number of nitrogens with two attached hydrogens (primary N) is 1. The van der Waals surface area contributed by atoms with E-state index in [1.54, 1.807) is 0 Å². The number of ether oxygens (including phenoxy) is 1. The molecular formula is C10H20N2O2. The van der Waals surface area contributed by atoms with E-state index in [0.717, 1.165) is 19.7 Å². The molecule has 0 bridgehead atoms. The summed E-state index contributed by atoms with van der Waals surface area (Å²) >= 11 is 0. The van der Waals surface area contributed by atoms with Crippen LogP contribution in [0.5, 0.6) is 0 Å². The Morgan fingerprint density at radius 2 is 2.36 bits per heavy atom. The van der Waals surface area contributed by atoms with Crippen LogP contribution in [0, 0.1) is 5.92 Å². The molecule has 0 radical (unpaired) electrons. The zero-order valence-electron chi connectivity index (χ0n) is 8.63. The van der Waals surface area contributed by atoms with Crippen LogP contribution in [0.3, 0.4) is 0 Å². The van der Waals surface area contributed by atoms with Gasteiger partial charge in [-0.1, -0.05) is 6.42 Å². The van der Waals surface area contributed by atoms with Crippen molar-refractivity contribution in [2.75, 3.05) is 26.3 Å². The van der Waals surface area contributed by atoms with Gasteiger partial charge in [0.15, 0.2) is 0 Å². The van der Waals surface area contributed by atoms with Crippen LogP contribution in [0.15, 0.2) is 0 Å². The minimum Gasteiger partial charge on any atom is -0.381 e. The summed E-state index contributed by atoms with van der Waals surface area (Å²) < 4.78 is 5.40. The first-order chi connectivity index (χ1) is 6.79. The van der Waals surface area contributed by atoms with Crippen LogP contribution in [0.4, 0.5) is 0 Å². The number of hydrogen-bond acceptors (Lipinski definition) is 3. The van der Waals surface area contributed by atoms with Gasteiger partial charge in [-0.3, -0.25) is 4.79 Å². The molecule has 1 heterocycles. The van der Waals surface area contributed by atoms with Gasteiger partial charge in [0.05, 0.1) is 13.2 Å². The topological polar surface area (TPSA) is 64.4 Å². The van der Waals surface area contributed by atoms with E-state index < -0.39 is 0 Å². The Morgan fingerprint density at radius 1 is 1.50 bits per heavy atom. The summed E-state index contributed by atoms with van der Waals surface area (Å²) in [6.45, 7) is 3.38. The lowest BCUT2D eigenvalue weighted by Crippen LogP contribution is -2.24. The molecule has 14 heavy (non-hydrogen) atoms. The summed E-state index contributed by atoms with van der Waals surface area (Å²) in [7, 11) is 0. The average molecular weight is 200 g/mol. The number of amides is 1. The van der Waals surface area contributed by atoms with Crippen LogP contribution in [-0.4, -0.2) is 32.2 Å². The van der Waals surface area contributed by atoms with Gasteiger partial charge in [-0.2, -0.15) is 0 Å². The predicted molar refractivity (Wildman–Crippen MR) is 54.8 cm³/mol. The predicted octanol–water partition coefficient (Wildman–Crippen LogP) is 0.268. The molecule has 0 saturated carbocycles. The molecule has 1 fully saturated rings. The third kappa shape index (κ3) is 5.19. The van der Waals surface area contributed by atoms with Crippen molar-refractivity contribution < 1.29 is 9.53 Å². The van der Waals surface area contributed by atoms with E-state index in [9.17, 15) is 4.79 Å². The Bertz CT molecular complexity index is 166. The van der Waals surface area contributed by atoms with Gasteiger partial charge in [-0.15, -0.1) is 0 Å². The lowest BCUT2D eigenvalue weighted by atomic mass is 10.1. The maximum Gasteiger partial charge on any atom is 0.219 e. The van der Waals surface area contributed by atoms with E-state index in [1.165, 1.54) is 19.3 Å². The number of carbonyl (C=O) groups is 1. The van der Waals surface area contributed by atoms with Crippen LogP contribution >= 0.6 is 0 Å². The summed E-state index contributed by atoms with van der Waals surface area (Å²) in [4.78, 5) is 10.4. The fourth-order valence-corrected chi connectivity index (χ4v) is 1.66. The van der Waals surface area contributed by atoms with Gasteiger partial charge in [0.25, 0.3) is 0 Å². The minimum absolute atomic E-state index is 0.288. The third-order valence-corrected chi connectivity index (χ3v) is 2.50. The van der Waals surface area contributed by atoms with Crippen LogP contribution in [-0.2, 0) is 9.53 Å². The van der Waals surface area contributed by atoms with Gasteiger partial charge in [-0.25, -0.2) is 0 Å².